The lowest BCUT2D eigenvalue weighted by Crippen LogP contribution is -1.97. The molecule has 2 heterocycles. The Balaban J connectivity index is 2.33. The van der Waals surface area contributed by atoms with Crippen molar-refractivity contribution in [1.82, 2.24) is 14.4 Å². The first-order valence-electron chi connectivity index (χ1n) is 5.48. The van der Waals surface area contributed by atoms with Crippen LogP contribution in [-0.2, 0) is 0 Å². The van der Waals surface area contributed by atoms with Gasteiger partial charge in [-0.15, -0.1) is 0 Å². The number of fused-ring (bicyclic) bond motifs is 1. The third kappa shape index (κ3) is 2.00. The van der Waals surface area contributed by atoms with E-state index in [2.05, 4.69) is 25.9 Å². The number of hydrogen-bond acceptors (Lipinski definition) is 3. The number of benzene rings is 1. The number of aromatic nitrogens is 3. The third-order valence-electron chi connectivity index (χ3n) is 2.73. The molecule has 0 aliphatic rings. The highest BCUT2D eigenvalue weighted by molar-refractivity contribution is 9.10. The van der Waals surface area contributed by atoms with Crippen molar-refractivity contribution in [2.24, 2.45) is 0 Å². The Hall–Kier alpha value is -2.21. The highest BCUT2D eigenvalue weighted by Crippen LogP contribution is 2.24. The molecular weight excluding hydrogens is 310 g/mol. The van der Waals surface area contributed by atoms with E-state index in [1.165, 1.54) is 6.20 Å². The molecule has 0 amide bonds. The summed E-state index contributed by atoms with van der Waals surface area (Å²) in [4.78, 5) is 19.4. The summed E-state index contributed by atoms with van der Waals surface area (Å²) in [5, 5.41) is 9.18. The second-order valence-electron chi connectivity index (χ2n) is 3.93. The molecular formula is C13H8BrN3O2. The van der Waals surface area contributed by atoms with Crippen molar-refractivity contribution in [2.45, 2.75) is 0 Å². The van der Waals surface area contributed by atoms with Crippen molar-refractivity contribution >= 4 is 27.4 Å². The minimum atomic E-state index is -1.06. The zero-order valence-corrected chi connectivity index (χ0v) is 11.2. The van der Waals surface area contributed by atoms with Gasteiger partial charge in [-0.25, -0.2) is 9.78 Å². The van der Waals surface area contributed by atoms with E-state index in [4.69, 9.17) is 0 Å². The van der Waals surface area contributed by atoms with Gasteiger partial charge in [-0.05, 0) is 12.1 Å². The summed E-state index contributed by atoms with van der Waals surface area (Å²) in [7, 11) is 0. The van der Waals surface area contributed by atoms with Crippen molar-refractivity contribution < 1.29 is 9.90 Å². The first kappa shape index (κ1) is 11.9. The van der Waals surface area contributed by atoms with Gasteiger partial charge in [-0.1, -0.05) is 28.1 Å². The molecule has 0 radical (unpaired) electrons. The summed E-state index contributed by atoms with van der Waals surface area (Å²) in [5.74, 6) is -0.483. The van der Waals surface area contributed by atoms with Crippen LogP contribution in [0.5, 0.6) is 0 Å². The first-order valence-corrected chi connectivity index (χ1v) is 6.27. The number of halogens is 1. The molecule has 0 fully saturated rings. The molecule has 6 heteroatoms. The van der Waals surface area contributed by atoms with Gasteiger partial charge >= 0.3 is 5.97 Å². The van der Waals surface area contributed by atoms with Crippen LogP contribution in [0.4, 0.5) is 0 Å². The lowest BCUT2D eigenvalue weighted by atomic mass is 10.2. The van der Waals surface area contributed by atoms with Crippen molar-refractivity contribution in [3.63, 3.8) is 0 Å². The van der Waals surface area contributed by atoms with Crippen LogP contribution in [0.3, 0.4) is 0 Å². The Morgan fingerprint density at radius 1 is 1.37 bits per heavy atom. The summed E-state index contributed by atoms with van der Waals surface area (Å²) in [6.45, 7) is 0. The van der Waals surface area contributed by atoms with E-state index in [0.717, 1.165) is 10.0 Å². The predicted molar refractivity (Wildman–Crippen MR) is 73.1 cm³/mol. The lowest BCUT2D eigenvalue weighted by Gasteiger charge is -2.01. The van der Waals surface area contributed by atoms with Crippen LogP contribution in [0.15, 0.2) is 47.3 Å². The maximum atomic E-state index is 11.2. The summed E-state index contributed by atoms with van der Waals surface area (Å²) in [5.41, 5.74) is 1.32. The fourth-order valence-electron chi connectivity index (χ4n) is 1.93. The Morgan fingerprint density at radius 2 is 2.21 bits per heavy atom. The molecule has 2 aromatic heterocycles. The van der Waals surface area contributed by atoms with Gasteiger partial charge in [0.1, 0.15) is 5.82 Å². The van der Waals surface area contributed by atoms with E-state index < -0.39 is 5.97 Å². The molecule has 0 aliphatic heterocycles. The Morgan fingerprint density at radius 3 is 2.95 bits per heavy atom. The van der Waals surface area contributed by atoms with Crippen molar-refractivity contribution in [3.05, 3.63) is 53.0 Å². The molecule has 1 N–H and O–H groups in total. The normalized spacial score (nSPS) is 10.8. The number of carboxylic acid groups (broad SMARTS) is 1. The molecule has 0 aliphatic carbocycles. The number of rotatable bonds is 2. The van der Waals surface area contributed by atoms with Crippen molar-refractivity contribution in [1.29, 1.82) is 0 Å². The molecule has 0 atom stereocenters. The molecule has 0 bridgehead atoms. The van der Waals surface area contributed by atoms with Gasteiger partial charge in [0.05, 0.1) is 11.7 Å². The van der Waals surface area contributed by atoms with Crippen LogP contribution < -0.4 is 0 Å². The molecule has 3 aromatic rings. The second kappa shape index (κ2) is 4.47. The number of aromatic carboxylic acids is 1. The quantitative estimate of drug-likeness (QED) is 0.789. The summed E-state index contributed by atoms with van der Waals surface area (Å²) >= 11 is 3.39. The van der Waals surface area contributed by atoms with Crippen LogP contribution in [0.25, 0.3) is 16.9 Å². The van der Waals surface area contributed by atoms with Gasteiger partial charge < -0.3 is 5.11 Å². The number of carbonyl (C=O) groups is 1. The molecule has 0 saturated heterocycles. The van der Waals surface area contributed by atoms with Crippen LogP contribution in [-0.4, -0.2) is 25.4 Å². The zero-order chi connectivity index (χ0) is 13.4. The minimum absolute atomic E-state index is 0.00285. The zero-order valence-electron chi connectivity index (χ0n) is 9.62. The molecule has 0 spiro atoms. The van der Waals surface area contributed by atoms with E-state index in [0.29, 0.717) is 11.3 Å². The average Bonchev–Trinajstić information content (AvgIpc) is 2.78. The van der Waals surface area contributed by atoms with E-state index in [-0.39, 0.29) is 5.69 Å². The maximum absolute atomic E-state index is 11.2. The molecule has 0 unspecified atom stereocenters. The summed E-state index contributed by atoms with van der Waals surface area (Å²) in [6, 6.07) is 7.55. The lowest BCUT2D eigenvalue weighted by molar-refractivity contribution is 0.0693. The number of imidazole rings is 1. The van der Waals surface area contributed by atoms with Gasteiger partial charge in [0.2, 0.25) is 0 Å². The van der Waals surface area contributed by atoms with Gasteiger partial charge in [0.25, 0.3) is 0 Å². The fourth-order valence-corrected chi connectivity index (χ4v) is 2.33. The van der Waals surface area contributed by atoms with Gasteiger partial charge in [0.15, 0.2) is 5.69 Å². The molecule has 19 heavy (non-hydrogen) atoms. The largest absolute Gasteiger partial charge is 0.476 e. The molecule has 1 aromatic carbocycles. The monoisotopic (exact) mass is 317 g/mol. The number of hydrogen-bond donors (Lipinski definition) is 1. The SMILES string of the molecule is O=C(O)c1nc(-c2cccc(Br)c2)n2ccncc12. The second-order valence-corrected chi connectivity index (χ2v) is 4.85. The van der Waals surface area contributed by atoms with Gasteiger partial charge in [0, 0.05) is 22.4 Å². The smallest absolute Gasteiger partial charge is 0.356 e. The fraction of sp³-hybridized carbons (Fsp3) is 0. The van der Waals surface area contributed by atoms with Crippen LogP contribution in [0.1, 0.15) is 10.5 Å². The van der Waals surface area contributed by atoms with Crippen LogP contribution >= 0.6 is 15.9 Å². The van der Waals surface area contributed by atoms with Crippen molar-refractivity contribution in [3.8, 4) is 11.4 Å². The molecule has 5 nitrogen and oxygen atoms in total. The molecule has 3 rings (SSSR count). The van der Waals surface area contributed by atoms with Crippen molar-refractivity contribution in [2.75, 3.05) is 0 Å². The number of nitrogens with zero attached hydrogens (tertiary/aromatic N) is 3. The predicted octanol–water partition coefficient (Wildman–Crippen LogP) is 2.86. The standard InChI is InChI=1S/C13H8BrN3O2/c14-9-3-1-2-8(6-9)12-16-11(13(18)19)10-7-15-4-5-17(10)12/h1-7H,(H,18,19). The van der Waals surface area contributed by atoms with Gasteiger partial charge in [-0.2, -0.15) is 0 Å². The summed E-state index contributed by atoms with van der Waals surface area (Å²) < 4.78 is 2.63. The average molecular weight is 318 g/mol. The topological polar surface area (TPSA) is 67.5 Å². The Labute approximate surface area is 116 Å². The Kier molecular flexibility index (Phi) is 2.79. The highest BCUT2D eigenvalue weighted by atomic mass is 79.9. The third-order valence-corrected chi connectivity index (χ3v) is 3.23. The molecule has 0 saturated carbocycles. The van der Waals surface area contributed by atoms with Crippen LogP contribution in [0.2, 0.25) is 0 Å². The van der Waals surface area contributed by atoms with E-state index in [1.54, 1.807) is 16.8 Å². The highest BCUT2D eigenvalue weighted by Gasteiger charge is 2.17. The van der Waals surface area contributed by atoms with E-state index >= 15 is 0 Å². The minimum Gasteiger partial charge on any atom is -0.476 e. The molecule has 94 valence electrons. The van der Waals surface area contributed by atoms with Gasteiger partial charge in [-0.3, -0.25) is 9.38 Å². The maximum Gasteiger partial charge on any atom is 0.356 e. The van der Waals surface area contributed by atoms with E-state index in [9.17, 15) is 9.90 Å². The number of carboxylic acids is 1. The van der Waals surface area contributed by atoms with E-state index in [1.807, 2.05) is 24.3 Å². The first-order chi connectivity index (χ1) is 9.16. The Bertz CT molecular complexity index is 782. The van der Waals surface area contributed by atoms with Crippen LogP contribution in [0, 0.1) is 0 Å². The summed E-state index contributed by atoms with van der Waals surface area (Å²) in [6.07, 6.45) is 4.80.